The fourth-order valence-corrected chi connectivity index (χ4v) is 4.66. The first-order valence-electron chi connectivity index (χ1n) is 9.42. The smallest absolute Gasteiger partial charge is 0.416 e. The Kier molecular flexibility index (Phi) is 7.02. The highest BCUT2D eigenvalue weighted by molar-refractivity contribution is 7.89. The van der Waals surface area contributed by atoms with Crippen molar-refractivity contribution in [2.24, 2.45) is 0 Å². The molecule has 1 aliphatic heterocycles. The topological polar surface area (TPSA) is 70.1 Å². The summed E-state index contributed by atoms with van der Waals surface area (Å²) in [6.45, 7) is 1.40. The van der Waals surface area contributed by atoms with E-state index in [1.807, 2.05) is 23.1 Å². The number of aliphatic hydroxyl groups is 1. The van der Waals surface area contributed by atoms with Gasteiger partial charge >= 0.3 is 6.18 Å². The van der Waals surface area contributed by atoms with Crippen LogP contribution in [0.4, 0.5) is 13.2 Å². The Morgan fingerprint density at radius 2 is 1.67 bits per heavy atom. The van der Waals surface area contributed by atoms with Gasteiger partial charge in [-0.1, -0.05) is 24.3 Å². The van der Waals surface area contributed by atoms with Crippen molar-refractivity contribution in [3.05, 3.63) is 60.2 Å². The molecule has 1 atom stereocenters. The Labute approximate surface area is 173 Å². The Bertz CT molecular complexity index is 931. The second-order valence-electron chi connectivity index (χ2n) is 7.01. The molecule has 1 fully saturated rings. The highest BCUT2D eigenvalue weighted by atomic mass is 32.2. The predicted octanol–water partition coefficient (Wildman–Crippen LogP) is 2.45. The summed E-state index contributed by atoms with van der Waals surface area (Å²) in [5.41, 5.74) is -0.997. The summed E-state index contributed by atoms with van der Waals surface area (Å²) in [5.74, 6) is 0.647. The van der Waals surface area contributed by atoms with E-state index >= 15 is 0 Å². The summed E-state index contributed by atoms with van der Waals surface area (Å²) in [5, 5.41) is 10.2. The first-order valence-corrected chi connectivity index (χ1v) is 10.9. The highest BCUT2D eigenvalue weighted by Gasteiger charge is 2.34. The number of sulfonamides is 1. The van der Waals surface area contributed by atoms with Gasteiger partial charge in [-0.05, 0) is 30.3 Å². The minimum atomic E-state index is -4.61. The minimum Gasteiger partial charge on any atom is -0.491 e. The van der Waals surface area contributed by atoms with Gasteiger partial charge in [-0.2, -0.15) is 17.5 Å². The molecule has 1 N–H and O–H groups in total. The number of para-hydroxylation sites is 1. The van der Waals surface area contributed by atoms with Gasteiger partial charge in [0.1, 0.15) is 18.5 Å². The number of hydrogen-bond acceptors (Lipinski definition) is 5. The van der Waals surface area contributed by atoms with Crippen LogP contribution in [0.1, 0.15) is 5.56 Å². The van der Waals surface area contributed by atoms with Crippen LogP contribution in [0.2, 0.25) is 0 Å². The molecule has 30 heavy (non-hydrogen) atoms. The van der Waals surface area contributed by atoms with Crippen LogP contribution >= 0.6 is 0 Å². The summed E-state index contributed by atoms with van der Waals surface area (Å²) in [7, 11) is -4.02. The first kappa shape index (κ1) is 22.5. The molecule has 0 spiro atoms. The average molecular weight is 444 g/mol. The Balaban J connectivity index is 1.53. The highest BCUT2D eigenvalue weighted by Crippen LogP contribution is 2.31. The Morgan fingerprint density at radius 1 is 1.00 bits per heavy atom. The number of β-amino-alcohol motifs (C(OH)–C–C–N with tert-alkyl or cyclic N) is 1. The molecule has 2 aromatic rings. The molecule has 1 heterocycles. The third-order valence-corrected chi connectivity index (χ3v) is 6.68. The summed E-state index contributed by atoms with van der Waals surface area (Å²) in [4.78, 5) is 1.53. The van der Waals surface area contributed by atoms with Crippen LogP contribution in [0.25, 0.3) is 0 Å². The molecule has 3 rings (SSSR count). The number of aliphatic hydroxyl groups excluding tert-OH is 1. The van der Waals surface area contributed by atoms with Crippen LogP contribution in [0.15, 0.2) is 59.5 Å². The summed E-state index contributed by atoms with van der Waals surface area (Å²) >= 11 is 0. The summed E-state index contributed by atoms with van der Waals surface area (Å²) < 4.78 is 70.8. The monoisotopic (exact) mass is 444 g/mol. The quantitative estimate of drug-likeness (QED) is 0.711. The van der Waals surface area contributed by atoms with Crippen LogP contribution in [-0.2, 0) is 16.2 Å². The lowest BCUT2D eigenvalue weighted by Gasteiger charge is -2.34. The molecule has 164 valence electrons. The SMILES string of the molecule is O=S(=O)(c1cccc(C(F)(F)F)c1)N1CCN(C[C@H](O)COc2ccccc2)CC1. The van der Waals surface area contributed by atoms with E-state index in [2.05, 4.69) is 0 Å². The number of rotatable bonds is 7. The Morgan fingerprint density at radius 3 is 2.30 bits per heavy atom. The summed E-state index contributed by atoms with van der Waals surface area (Å²) in [6.07, 6.45) is -5.36. The van der Waals surface area contributed by atoms with E-state index < -0.39 is 27.9 Å². The molecule has 0 radical (unpaired) electrons. The zero-order valence-corrected chi connectivity index (χ0v) is 16.9. The maximum absolute atomic E-state index is 12.9. The van der Waals surface area contributed by atoms with Gasteiger partial charge in [-0.25, -0.2) is 8.42 Å². The molecule has 0 aromatic heterocycles. The number of ether oxygens (including phenoxy) is 1. The van der Waals surface area contributed by atoms with Crippen molar-refractivity contribution in [3.63, 3.8) is 0 Å². The van der Waals surface area contributed by atoms with E-state index in [1.54, 1.807) is 12.1 Å². The van der Waals surface area contributed by atoms with Crippen molar-refractivity contribution in [3.8, 4) is 5.75 Å². The van der Waals surface area contributed by atoms with Crippen molar-refractivity contribution in [1.82, 2.24) is 9.21 Å². The zero-order chi connectivity index (χ0) is 21.8. The third-order valence-electron chi connectivity index (χ3n) is 4.78. The van der Waals surface area contributed by atoms with E-state index in [0.717, 1.165) is 12.1 Å². The van der Waals surface area contributed by atoms with E-state index in [9.17, 15) is 26.7 Å². The van der Waals surface area contributed by atoms with Crippen LogP contribution in [-0.4, -0.2) is 68.2 Å². The Hall–Kier alpha value is -2.14. The van der Waals surface area contributed by atoms with Crippen molar-refractivity contribution in [2.45, 2.75) is 17.2 Å². The maximum atomic E-state index is 12.9. The molecule has 10 heteroatoms. The van der Waals surface area contributed by atoms with Gasteiger partial charge < -0.3 is 9.84 Å². The molecule has 0 saturated carbocycles. The van der Waals surface area contributed by atoms with Crippen LogP contribution < -0.4 is 4.74 Å². The molecule has 0 aliphatic carbocycles. The van der Waals surface area contributed by atoms with Gasteiger partial charge in [0.25, 0.3) is 0 Å². The number of benzene rings is 2. The minimum absolute atomic E-state index is 0.104. The number of nitrogens with zero attached hydrogens (tertiary/aromatic N) is 2. The molecule has 1 saturated heterocycles. The van der Waals surface area contributed by atoms with Gasteiger partial charge in [0.2, 0.25) is 10.0 Å². The first-order chi connectivity index (χ1) is 14.2. The molecular weight excluding hydrogens is 421 g/mol. The maximum Gasteiger partial charge on any atom is 0.416 e. The second-order valence-corrected chi connectivity index (χ2v) is 8.95. The normalized spacial score (nSPS) is 17.6. The van der Waals surface area contributed by atoms with Gasteiger partial charge in [0.05, 0.1) is 10.5 Å². The molecular formula is C20H23F3N2O4S. The average Bonchev–Trinajstić information content (AvgIpc) is 2.73. The van der Waals surface area contributed by atoms with Crippen molar-refractivity contribution in [2.75, 3.05) is 39.3 Å². The van der Waals surface area contributed by atoms with E-state index in [-0.39, 0.29) is 24.6 Å². The molecule has 0 amide bonds. The van der Waals surface area contributed by atoms with E-state index in [1.165, 1.54) is 10.4 Å². The summed E-state index contributed by atoms with van der Waals surface area (Å²) in [6, 6.07) is 12.8. The van der Waals surface area contributed by atoms with Gasteiger partial charge in [-0.15, -0.1) is 0 Å². The molecule has 0 bridgehead atoms. The fourth-order valence-electron chi connectivity index (χ4n) is 3.19. The fraction of sp³-hybridized carbons (Fsp3) is 0.400. The lowest BCUT2D eigenvalue weighted by atomic mass is 10.2. The number of halogens is 3. The van der Waals surface area contributed by atoms with Gasteiger partial charge in [0.15, 0.2) is 0 Å². The molecule has 0 unspecified atom stereocenters. The molecule has 6 nitrogen and oxygen atoms in total. The number of alkyl halides is 3. The van der Waals surface area contributed by atoms with E-state index in [0.29, 0.717) is 31.5 Å². The zero-order valence-electron chi connectivity index (χ0n) is 16.1. The third kappa shape index (κ3) is 5.72. The van der Waals surface area contributed by atoms with Crippen molar-refractivity contribution in [1.29, 1.82) is 0 Å². The predicted molar refractivity (Wildman–Crippen MR) is 105 cm³/mol. The van der Waals surface area contributed by atoms with Gasteiger partial charge in [-0.3, -0.25) is 4.90 Å². The standard InChI is InChI=1S/C20H23F3N2O4S/c21-20(22,23)16-5-4-8-19(13-16)30(27,28)25-11-9-24(10-12-25)14-17(26)15-29-18-6-2-1-3-7-18/h1-8,13,17,26H,9-12,14-15H2/t17-/m0/s1. The van der Waals surface area contributed by atoms with Crippen LogP contribution in [0.3, 0.4) is 0 Å². The molecule has 1 aliphatic rings. The molecule has 2 aromatic carbocycles. The van der Waals surface area contributed by atoms with Crippen molar-refractivity contribution >= 4 is 10.0 Å². The number of piperazine rings is 1. The largest absolute Gasteiger partial charge is 0.491 e. The second kappa shape index (κ2) is 9.34. The van der Waals surface area contributed by atoms with E-state index in [4.69, 9.17) is 4.74 Å². The van der Waals surface area contributed by atoms with Crippen LogP contribution in [0, 0.1) is 0 Å². The lowest BCUT2D eigenvalue weighted by Crippen LogP contribution is -2.50. The van der Waals surface area contributed by atoms with Crippen LogP contribution in [0.5, 0.6) is 5.75 Å². The lowest BCUT2D eigenvalue weighted by molar-refractivity contribution is -0.137. The number of hydrogen-bond donors (Lipinski definition) is 1. The van der Waals surface area contributed by atoms with Crippen molar-refractivity contribution < 1.29 is 31.4 Å². The van der Waals surface area contributed by atoms with Gasteiger partial charge in [0, 0.05) is 32.7 Å².